The molecule has 1 N–H and O–H groups in total. The molecule has 2 heterocycles. The van der Waals surface area contributed by atoms with Crippen molar-refractivity contribution in [2.24, 2.45) is 0 Å². The minimum absolute atomic E-state index is 0.151. The van der Waals surface area contributed by atoms with Crippen LogP contribution in [0.4, 0.5) is 13.2 Å². The second-order valence-corrected chi connectivity index (χ2v) is 11.7. The average Bonchev–Trinajstić information content (AvgIpc) is 3.32. The summed E-state index contributed by atoms with van der Waals surface area (Å²) in [6.07, 6.45) is -2.12. The monoisotopic (exact) mass is 540 g/mol. The molecule has 0 saturated carbocycles. The Kier molecular flexibility index (Phi) is 7.87. The molecule has 11 heteroatoms. The van der Waals surface area contributed by atoms with Gasteiger partial charge >= 0.3 is 6.18 Å². The number of carbonyl (C=O) groups excluding carboxylic acids is 1. The predicted molar refractivity (Wildman–Crippen MR) is 131 cm³/mol. The van der Waals surface area contributed by atoms with Crippen LogP contribution >= 0.6 is 0 Å². The van der Waals surface area contributed by atoms with Gasteiger partial charge in [0.25, 0.3) is 0 Å². The summed E-state index contributed by atoms with van der Waals surface area (Å²) >= 11 is 0. The van der Waals surface area contributed by atoms with Gasteiger partial charge in [-0.05, 0) is 62.1 Å². The van der Waals surface area contributed by atoms with Crippen LogP contribution < -0.4 is 10.1 Å². The molecule has 4 rings (SSSR count). The Labute approximate surface area is 214 Å². The molecule has 2 aromatic carbocycles. The number of alkyl halides is 3. The van der Waals surface area contributed by atoms with Gasteiger partial charge in [0.1, 0.15) is 17.4 Å². The maximum atomic E-state index is 13.7. The summed E-state index contributed by atoms with van der Waals surface area (Å²) in [4.78, 5) is 15.9. The molecule has 2 aliphatic rings. The summed E-state index contributed by atoms with van der Waals surface area (Å²) in [5, 5.41) is 3.08. The predicted octanol–water partition coefficient (Wildman–Crippen LogP) is 3.99. The van der Waals surface area contributed by atoms with Crippen molar-refractivity contribution in [1.82, 2.24) is 10.2 Å². The lowest BCUT2D eigenvalue weighted by Gasteiger charge is -2.43. The quantitative estimate of drug-likeness (QED) is 0.572. The number of halogens is 3. The third-order valence-corrected chi connectivity index (χ3v) is 8.24. The second kappa shape index (κ2) is 10.6. The molecule has 2 fully saturated rings. The Bertz CT molecular complexity index is 1210. The molecular weight excluding hydrogens is 509 g/mol. The van der Waals surface area contributed by atoms with E-state index in [4.69, 9.17) is 9.47 Å². The van der Waals surface area contributed by atoms with E-state index in [1.165, 1.54) is 24.3 Å². The zero-order valence-electron chi connectivity index (χ0n) is 20.8. The highest BCUT2D eigenvalue weighted by atomic mass is 32.2. The Balaban J connectivity index is 1.45. The van der Waals surface area contributed by atoms with Gasteiger partial charge in [0.2, 0.25) is 5.91 Å². The molecule has 1 amide bonds. The van der Waals surface area contributed by atoms with E-state index < -0.39 is 27.1 Å². The van der Waals surface area contributed by atoms with Crippen LogP contribution in [0.15, 0.2) is 53.4 Å². The first-order valence-corrected chi connectivity index (χ1v) is 14.1. The fourth-order valence-electron chi connectivity index (χ4n) is 4.97. The van der Waals surface area contributed by atoms with E-state index in [0.717, 1.165) is 24.0 Å². The lowest BCUT2D eigenvalue weighted by atomic mass is 9.86. The van der Waals surface area contributed by atoms with E-state index in [0.29, 0.717) is 45.6 Å². The van der Waals surface area contributed by atoms with Gasteiger partial charge in [-0.1, -0.05) is 18.2 Å². The number of benzene rings is 2. The van der Waals surface area contributed by atoms with Gasteiger partial charge in [-0.25, -0.2) is 8.42 Å². The third-order valence-electron chi connectivity index (χ3n) is 7.11. The molecule has 2 aliphatic heterocycles. The minimum Gasteiger partial charge on any atom is -0.489 e. The van der Waals surface area contributed by atoms with Crippen LogP contribution in [0, 0.1) is 0 Å². The first-order valence-electron chi connectivity index (χ1n) is 12.2. The summed E-state index contributed by atoms with van der Waals surface area (Å²) in [7, 11) is -3.32. The molecule has 2 atom stereocenters. The fraction of sp³-hybridized carbons (Fsp3) is 0.500. The Morgan fingerprint density at radius 2 is 1.84 bits per heavy atom. The highest BCUT2D eigenvalue weighted by Crippen LogP contribution is 2.35. The van der Waals surface area contributed by atoms with Crippen molar-refractivity contribution in [3.8, 4) is 5.75 Å². The Morgan fingerprint density at radius 1 is 1.16 bits per heavy atom. The summed E-state index contributed by atoms with van der Waals surface area (Å²) in [5.41, 5.74) is -0.820. The zero-order chi connectivity index (χ0) is 26.8. The number of ether oxygens (including phenoxy) is 2. The highest BCUT2D eigenvalue weighted by molar-refractivity contribution is 7.90. The second-order valence-electron chi connectivity index (χ2n) is 9.68. The average molecular weight is 541 g/mol. The van der Waals surface area contributed by atoms with Crippen LogP contribution in [0.25, 0.3) is 0 Å². The van der Waals surface area contributed by atoms with E-state index in [1.54, 1.807) is 12.1 Å². The van der Waals surface area contributed by atoms with Gasteiger partial charge in [0, 0.05) is 32.6 Å². The van der Waals surface area contributed by atoms with Crippen LogP contribution in [0.3, 0.4) is 0 Å². The SMILES string of the molecule is C[C@H](NC(=O)C1(N2CC[C@@H](Oc3cccc(C(F)(F)F)c3)C2)CCOCC1)c1ccc(S(C)(=O)=O)cc1. The van der Waals surface area contributed by atoms with E-state index in [1.807, 2.05) is 6.92 Å². The molecule has 0 bridgehead atoms. The normalized spacial score (nSPS) is 21.4. The summed E-state index contributed by atoms with van der Waals surface area (Å²) in [5.74, 6) is -0.00600. The summed E-state index contributed by atoms with van der Waals surface area (Å²) in [6.45, 7) is 3.64. The molecule has 0 aromatic heterocycles. The third kappa shape index (κ3) is 6.27. The van der Waals surface area contributed by atoms with Crippen LogP contribution in [0.5, 0.6) is 5.75 Å². The molecule has 37 heavy (non-hydrogen) atoms. The number of nitrogens with zero attached hydrogens (tertiary/aromatic N) is 1. The molecular formula is C26H31F3N2O5S. The standard InChI is InChI=1S/C26H31F3N2O5S/c1-18(19-6-8-23(9-7-19)37(2,33)34)30-24(32)25(11-14-35-15-12-25)31-13-10-22(17-31)36-21-5-3-4-20(16-21)26(27,28)29/h3-9,16,18,22H,10-15,17H2,1-2H3,(H,30,32)/t18-,22+/m0/s1. The smallest absolute Gasteiger partial charge is 0.416 e. The van der Waals surface area contributed by atoms with Gasteiger partial charge in [0.15, 0.2) is 9.84 Å². The van der Waals surface area contributed by atoms with Crippen LogP contribution in [-0.2, 0) is 25.5 Å². The molecule has 0 aliphatic carbocycles. The Morgan fingerprint density at radius 3 is 2.46 bits per heavy atom. The summed E-state index contributed by atoms with van der Waals surface area (Å²) in [6, 6.07) is 10.9. The molecule has 2 saturated heterocycles. The lowest BCUT2D eigenvalue weighted by Crippen LogP contribution is -2.61. The van der Waals surface area contributed by atoms with E-state index in [2.05, 4.69) is 10.2 Å². The van der Waals surface area contributed by atoms with Crippen molar-refractivity contribution in [3.63, 3.8) is 0 Å². The van der Waals surface area contributed by atoms with Crippen LogP contribution in [0.1, 0.15) is 43.4 Å². The molecule has 0 spiro atoms. The molecule has 7 nitrogen and oxygen atoms in total. The van der Waals surface area contributed by atoms with Gasteiger partial charge in [-0.2, -0.15) is 13.2 Å². The largest absolute Gasteiger partial charge is 0.489 e. The molecule has 0 radical (unpaired) electrons. The van der Waals surface area contributed by atoms with Crippen molar-refractivity contribution >= 4 is 15.7 Å². The van der Waals surface area contributed by atoms with Crippen LogP contribution in [-0.4, -0.2) is 63.4 Å². The topological polar surface area (TPSA) is 84.9 Å². The van der Waals surface area contributed by atoms with E-state index in [-0.39, 0.29) is 28.7 Å². The number of likely N-dealkylation sites (tertiary alicyclic amines) is 1. The van der Waals surface area contributed by atoms with Crippen LogP contribution in [0.2, 0.25) is 0 Å². The number of nitrogens with one attached hydrogen (secondary N) is 1. The first-order chi connectivity index (χ1) is 17.4. The molecule has 2 aromatic rings. The number of amides is 1. The lowest BCUT2D eigenvalue weighted by molar-refractivity contribution is -0.141. The van der Waals surface area contributed by atoms with Gasteiger partial charge in [-0.15, -0.1) is 0 Å². The number of carbonyl (C=O) groups is 1. The van der Waals surface area contributed by atoms with E-state index in [9.17, 15) is 26.4 Å². The van der Waals surface area contributed by atoms with E-state index >= 15 is 0 Å². The van der Waals surface area contributed by atoms with Crippen molar-refractivity contribution in [2.45, 2.75) is 54.9 Å². The Hall–Kier alpha value is -2.63. The van der Waals surface area contributed by atoms with Crippen molar-refractivity contribution < 1.29 is 35.9 Å². The van der Waals surface area contributed by atoms with Gasteiger partial charge in [-0.3, -0.25) is 9.69 Å². The van der Waals surface area contributed by atoms with Crippen molar-refractivity contribution in [3.05, 3.63) is 59.7 Å². The fourth-order valence-corrected chi connectivity index (χ4v) is 5.60. The maximum Gasteiger partial charge on any atom is 0.416 e. The molecule has 0 unspecified atom stereocenters. The number of rotatable bonds is 7. The first kappa shape index (κ1) is 27.4. The van der Waals surface area contributed by atoms with Crippen molar-refractivity contribution in [1.29, 1.82) is 0 Å². The minimum atomic E-state index is -4.45. The number of hydrogen-bond acceptors (Lipinski definition) is 6. The van der Waals surface area contributed by atoms with Gasteiger partial charge in [0.05, 0.1) is 16.5 Å². The molecule has 202 valence electrons. The summed E-state index contributed by atoms with van der Waals surface area (Å²) < 4.78 is 74.1. The van der Waals surface area contributed by atoms with Gasteiger partial charge < -0.3 is 14.8 Å². The number of hydrogen-bond donors (Lipinski definition) is 1. The highest BCUT2D eigenvalue weighted by Gasteiger charge is 2.48. The van der Waals surface area contributed by atoms with Crippen molar-refractivity contribution in [2.75, 3.05) is 32.6 Å². The number of sulfone groups is 1. The zero-order valence-corrected chi connectivity index (χ0v) is 21.6. The maximum absolute atomic E-state index is 13.7.